The quantitative estimate of drug-likeness (QED) is 0.476. The Kier molecular flexibility index (Phi) is 5.07. The van der Waals surface area contributed by atoms with Gasteiger partial charge in [-0.05, 0) is 50.1 Å². The summed E-state index contributed by atoms with van der Waals surface area (Å²) in [5, 5.41) is 12.8. The Bertz CT molecular complexity index is 1340. The fraction of sp³-hybridized carbons (Fsp3) is 0.167. The molecule has 7 nitrogen and oxygen atoms in total. The van der Waals surface area contributed by atoms with E-state index in [1.54, 1.807) is 4.68 Å². The van der Waals surface area contributed by atoms with Crippen molar-refractivity contribution >= 4 is 34.0 Å². The summed E-state index contributed by atoms with van der Waals surface area (Å²) in [7, 11) is 0. The molecule has 1 aliphatic rings. The van der Waals surface area contributed by atoms with Gasteiger partial charge in [-0.3, -0.25) is 14.9 Å². The van der Waals surface area contributed by atoms with Crippen LogP contribution in [-0.4, -0.2) is 26.6 Å². The molecular formula is C24H21N5O2S. The normalized spacial score (nSPS) is 12.9. The number of hydrogen-bond donors (Lipinski definition) is 2. The number of amides is 2. The number of hydrogen-bond acceptors (Lipinski definition) is 5. The van der Waals surface area contributed by atoms with Gasteiger partial charge in [-0.15, -0.1) is 11.3 Å². The van der Waals surface area contributed by atoms with E-state index in [9.17, 15) is 9.59 Å². The molecule has 0 atom stereocenters. The number of carbonyl (C=O) groups is 2. The molecule has 0 aliphatic carbocycles. The molecule has 4 aromatic rings. The predicted octanol–water partition coefficient (Wildman–Crippen LogP) is 4.75. The van der Waals surface area contributed by atoms with Gasteiger partial charge in [-0.1, -0.05) is 24.3 Å². The smallest absolute Gasteiger partial charge is 0.261 e. The van der Waals surface area contributed by atoms with Crippen LogP contribution >= 0.6 is 11.3 Å². The zero-order valence-corrected chi connectivity index (χ0v) is 18.5. The molecule has 1 aliphatic heterocycles. The number of nitrogens with zero attached hydrogens (tertiary/aromatic N) is 3. The Morgan fingerprint density at radius 3 is 2.75 bits per heavy atom. The molecule has 0 saturated heterocycles. The van der Waals surface area contributed by atoms with Crippen LogP contribution in [0, 0.1) is 13.8 Å². The van der Waals surface area contributed by atoms with E-state index in [0.29, 0.717) is 29.2 Å². The van der Waals surface area contributed by atoms with Crippen LogP contribution in [0.25, 0.3) is 16.9 Å². The van der Waals surface area contributed by atoms with E-state index in [4.69, 9.17) is 0 Å². The van der Waals surface area contributed by atoms with Crippen molar-refractivity contribution in [2.24, 2.45) is 0 Å². The molecule has 3 heterocycles. The molecule has 0 spiro atoms. The standard InChI is InChI=1S/C24H21N5O2S/c1-14-22(15(2)29(28-14)18-6-4-3-5-7-18)23(31)27-24-26-20(13-32-24)17-8-10-19-16(12-17)9-11-21(30)25-19/h3-8,10,12-13H,9,11H2,1-2H3,(H,25,30)(H,26,27,31). The molecule has 2 N–H and O–H groups in total. The molecule has 2 aromatic carbocycles. The fourth-order valence-electron chi connectivity index (χ4n) is 3.96. The van der Waals surface area contributed by atoms with Crippen molar-refractivity contribution in [1.82, 2.24) is 14.8 Å². The van der Waals surface area contributed by atoms with Gasteiger partial charge in [-0.2, -0.15) is 5.10 Å². The first-order chi connectivity index (χ1) is 15.5. The largest absolute Gasteiger partial charge is 0.326 e. The van der Waals surface area contributed by atoms with Gasteiger partial charge in [0.25, 0.3) is 5.91 Å². The van der Waals surface area contributed by atoms with Crippen LogP contribution in [0.4, 0.5) is 10.8 Å². The summed E-state index contributed by atoms with van der Waals surface area (Å²) in [6, 6.07) is 15.6. The zero-order valence-electron chi connectivity index (χ0n) is 17.7. The van der Waals surface area contributed by atoms with Crippen LogP contribution < -0.4 is 10.6 Å². The minimum atomic E-state index is -0.226. The number of benzene rings is 2. The van der Waals surface area contributed by atoms with Gasteiger partial charge in [0.15, 0.2) is 5.13 Å². The van der Waals surface area contributed by atoms with Gasteiger partial charge in [0.2, 0.25) is 5.91 Å². The molecular weight excluding hydrogens is 422 g/mol. The highest BCUT2D eigenvalue weighted by atomic mass is 32.1. The molecule has 0 radical (unpaired) electrons. The second-order valence-electron chi connectivity index (χ2n) is 7.71. The van der Waals surface area contributed by atoms with Gasteiger partial charge in [0.1, 0.15) is 0 Å². The maximum absolute atomic E-state index is 13.0. The van der Waals surface area contributed by atoms with Crippen LogP contribution in [0.1, 0.15) is 33.7 Å². The predicted molar refractivity (Wildman–Crippen MR) is 125 cm³/mol. The molecule has 5 rings (SSSR count). The van der Waals surface area contributed by atoms with E-state index in [1.165, 1.54) is 11.3 Å². The number of fused-ring (bicyclic) bond motifs is 1. The average Bonchev–Trinajstić information content (AvgIpc) is 3.37. The first-order valence-corrected chi connectivity index (χ1v) is 11.2. The van der Waals surface area contributed by atoms with Crippen LogP contribution in [0.2, 0.25) is 0 Å². The van der Waals surface area contributed by atoms with E-state index in [0.717, 1.165) is 33.9 Å². The number of para-hydroxylation sites is 1. The molecule has 160 valence electrons. The molecule has 2 amide bonds. The Morgan fingerprint density at radius 2 is 1.94 bits per heavy atom. The van der Waals surface area contributed by atoms with Gasteiger partial charge in [-0.25, -0.2) is 9.67 Å². The summed E-state index contributed by atoms with van der Waals surface area (Å²) in [4.78, 5) is 29.2. The van der Waals surface area contributed by atoms with E-state index in [-0.39, 0.29) is 11.8 Å². The lowest BCUT2D eigenvalue weighted by Crippen LogP contribution is -2.18. The average molecular weight is 444 g/mol. The van der Waals surface area contributed by atoms with E-state index in [1.807, 2.05) is 67.8 Å². The zero-order chi connectivity index (χ0) is 22.2. The monoisotopic (exact) mass is 443 g/mol. The van der Waals surface area contributed by atoms with E-state index < -0.39 is 0 Å². The number of aryl methyl sites for hydroxylation is 2. The summed E-state index contributed by atoms with van der Waals surface area (Å²) in [5.41, 5.74) is 6.61. The molecule has 0 unspecified atom stereocenters. The number of carbonyl (C=O) groups excluding carboxylic acids is 2. The van der Waals surface area contributed by atoms with Crippen LogP contribution in [-0.2, 0) is 11.2 Å². The third-order valence-electron chi connectivity index (χ3n) is 5.54. The van der Waals surface area contributed by atoms with Gasteiger partial charge >= 0.3 is 0 Å². The minimum Gasteiger partial charge on any atom is -0.326 e. The summed E-state index contributed by atoms with van der Waals surface area (Å²) in [6.07, 6.45) is 1.21. The number of aromatic nitrogens is 3. The SMILES string of the molecule is Cc1nn(-c2ccccc2)c(C)c1C(=O)Nc1nc(-c2ccc3c(c2)CCC(=O)N3)cs1. The Hall–Kier alpha value is -3.78. The van der Waals surface area contributed by atoms with Crippen molar-refractivity contribution in [2.45, 2.75) is 26.7 Å². The highest BCUT2D eigenvalue weighted by molar-refractivity contribution is 7.14. The third-order valence-corrected chi connectivity index (χ3v) is 6.30. The van der Waals surface area contributed by atoms with Crippen molar-refractivity contribution in [2.75, 3.05) is 10.6 Å². The fourth-order valence-corrected chi connectivity index (χ4v) is 4.67. The van der Waals surface area contributed by atoms with Crippen molar-refractivity contribution < 1.29 is 9.59 Å². The third kappa shape index (κ3) is 3.69. The lowest BCUT2D eigenvalue weighted by atomic mass is 9.99. The number of thiazole rings is 1. The molecule has 0 bridgehead atoms. The lowest BCUT2D eigenvalue weighted by molar-refractivity contribution is -0.116. The van der Waals surface area contributed by atoms with Crippen molar-refractivity contribution in [3.63, 3.8) is 0 Å². The van der Waals surface area contributed by atoms with Crippen LogP contribution in [0.5, 0.6) is 0 Å². The number of rotatable bonds is 4. The van der Waals surface area contributed by atoms with Crippen LogP contribution in [0.15, 0.2) is 53.9 Å². The molecule has 32 heavy (non-hydrogen) atoms. The lowest BCUT2D eigenvalue weighted by Gasteiger charge is -2.17. The summed E-state index contributed by atoms with van der Waals surface area (Å²) in [6.45, 7) is 3.72. The van der Waals surface area contributed by atoms with Gasteiger partial charge in [0, 0.05) is 23.1 Å². The first-order valence-electron chi connectivity index (χ1n) is 10.3. The maximum atomic E-state index is 13.0. The first kappa shape index (κ1) is 20.1. The summed E-state index contributed by atoms with van der Waals surface area (Å²) >= 11 is 1.38. The van der Waals surface area contributed by atoms with Crippen molar-refractivity contribution in [3.05, 3.63) is 76.4 Å². The number of anilines is 2. The van der Waals surface area contributed by atoms with Gasteiger partial charge < -0.3 is 5.32 Å². The summed E-state index contributed by atoms with van der Waals surface area (Å²) < 4.78 is 1.78. The molecule has 8 heteroatoms. The minimum absolute atomic E-state index is 0.0464. The second kappa shape index (κ2) is 8.05. The second-order valence-corrected chi connectivity index (χ2v) is 8.56. The van der Waals surface area contributed by atoms with Crippen LogP contribution in [0.3, 0.4) is 0 Å². The Balaban J connectivity index is 1.37. The Morgan fingerprint density at radius 1 is 1.12 bits per heavy atom. The molecule has 0 saturated carbocycles. The van der Waals surface area contributed by atoms with E-state index in [2.05, 4.69) is 20.7 Å². The molecule has 2 aromatic heterocycles. The maximum Gasteiger partial charge on any atom is 0.261 e. The summed E-state index contributed by atoms with van der Waals surface area (Å²) in [5.74, 6) is -0.179. The topological polar surface area (TPSA) is 88.9 Å². The molecule has 0 fully saturated rings. The van der Waals surface area contributed by atoms with Gasteiger partial charge in [0.05, 0.1) is 28.3 Å². The van der Waals surface area contributed by atoms with Crippen molar-refractivity contribution in [1.29, 1.82) is 0 Å². The highest BCUT2D eigenvalue weighted by Crippen LogP contribution is 2.31. The Labute approximate surface area is 189 Å². The number of nitrogens with one attached hydrogen (secondary N) is 2. The van der Waals surface area contributed by atoms with E-state index >= 15 is 0 Å². The van der Waals surface area contributed by atoms with Crippen molar-refractivity contribution in [3.8, 4) is 16.9 Å². The highest BCUT2D eigenvalue weighted by Gasteiger charge is 2.21.